The summed E-state index contributed by atoms with van der Waals surface area (Å²) in [7, 11) is 0. The third-order valence-electron chi connectivity index (χ3n) is 2.40. The molecule has 1 aromatic carbocycles. The molecule has 3 heteroatoms. The van der Waals surface area contributed by atoms with E-state index in [1.54, 1.807) is 6.07 Å². The normalized spacial score (nSPS) is 15.6. The van der Waals surface area contributed by atoms with Crippen molar-refractivity contribution in [2.24, 2.45) is 0 Å². The van der Waals surface area contributed by atoms with Gasteiger partial charge in [0.2, 0.25) is 0 Å². The van der Waals surface area contributed by atoms with Crippen molar-refractivity contribution in [1.29, 1.82) is 0 Å². The summed E-state index contributed by atoms with van der Waals surface area (Å²) in [6.07, 6.45) is 1.88. The molecule has 68 valence electrons. The summed E-state index contributed by atoms with van der Waals surface area (Å²) >= 11 is 0. The first-order valence-corrected chi connectivity index (χ1v) is 4.30. The number of carbonyl (C=O) groups is 1. The summed E-state index contributed by atoms with van der Waals surface area (Å²) in [5, 5.41) is 0. The zero-order chi connectivity index (χ0) is 9.42. The van der Waals surface area contributed by atoms with Gasteiger partial charge in [0.25, 0.3) is 0 Å². The van der Waals surface area contributed by atoms with E-state index >= 15 is 0 Å². The molecule has 0 aromatic heterocycles. The second-order valence-corrected chi connectivity index (χ2v) is 3.27. The van der Waals surface area contributed by atoms with Crippen LogP contribution in [0.2, 0.25) is 0 Å². The summed E-state index contributed by atoms with van der Waals surface area (Å²) in [6, 6.07) is 3.08. The molecule has 0 spiro atoms. The zero-order valence-corrected chi connectivity index (χ0v) is 7.14. The van der Waals surface area contributed by atoms with Gasteiger partial charge in [-0.3, -0.25) is 4.79 Å². The summed E-state index contributed by atoms with van der Waals surface area (Å²) < 4.78 is 13.4. The summed E-state index contributed by atoms with van der Waals surface area (Å²) in [6.45, 7) is 0. The van der Waals surface area contributed by atoms with E-state index < -0.39 is 5.82 Å². The van der Waals surface area contributed by atoms with Gasteiger partial charge in [-0.15, -0.1) is 0 Å². The summed E-state index contributed by atoms with van der Waals surface area (Å²) in [4.78, 5) is 11.3. The van der Waals surface area contributed by atoms with Crippen molar-refractivity contribution in [2.75, 3.05) is 5.73 Å². The maximum Gasteiger partial charge on any atom is 0.163 e. The fraction of sp³-hybridized carbons (Fsp3) is 0.300. The first-order chi connectivity index (χ1) is 6.20. The van der Waals surface area contributed by atoms with Crippen molar-refractivity contribution in [2.45, 2.75) is 19.3 Å². The van der Waals surface area contributed by atoms with Gasteiger partial charge in [-0.2, -0.15) is 0 Å². The minimum Gasteiger partial charge on any atom is -0.396 e. The predicted octanol–water partition coefficient (Wildman–Crippen LogP) is 1.93. The number of benzene rings is 1. The lowest BCUT2D eigenvalue weighted by atomic mass is 9.90. The average molecular weight is 179 g/mol. The summed E-state index contributed by atoms with van der Waals surface area (Å²) in [5.41, 5.74) is 6.54. The van der Waals surface area contributed by atoms with Crippen molar-refractivity contribution in [1.82, 2.24) is 0 Å². The van der Waals surface area contributed by atoms with Crippen molar-refractivity contribution in [3.05, 3.63) is 29.1 Å². The number of nitrogen functional groups attached to an aromatic ring is 1. The lowest BCUT2D eigenvalue weighted by Crippen LogP contribution is -2.13. The molecule has 2 nitrogen and oxygen atoms in total. The van der Waals surface area contributed by atoms with Gasteiger partial charge >= 0.3 is 0 Å². The average Bonchev–Trinajstić information content (AvgIpc) is 2.12. The van der Waals surface area contributed by atoms with E-state index in [4.69, 9.17) is 5.73 Å². The van der Waals surface area contributed by atoms with Crippen molar-refractivity contribution < 1.29 is 9.18 Å². The van der Waals surface area contributed by atoms with Crippen LogP contribution >= 0.6 is 0 Å². The second-order valence-electron chi connectivity index (χ2n) is 3.27. The topological polar surface area (TPSA) is 43.1 Å². The molecule has 0 heterocycles. The molecule has 0 saturated heterocycles. The van der Waals surface area contributed by atoms with Crippen LogP contribution in [0.15, 0.2) is 12.1 Å². The highest BCUT2D eigenvalue weighted by Crippen LogP contribution is 2.26. The van der Waals surface area contributed by atoms with E-state index in [0.29, 0.717) is 24.0 Å². The summed E-state index contributed by atoms with van der Waals surface area (Å²) in [5.74, 6) is -0.384. The van der Waals surface area contributed by atoms with E-state index in [1.165, 1.54) is 6.07 Å². The number of Topliss-reactive ketones (excluding diaryl/α,β-unsaturated/α-hetero) is 1. The van der Waals surface area contributed by atoms with Gasteiger partial charge in [0.05, 0.1) is 5.69 Å². The largest absolute Gasteiger partial charge is 0.396 e. The molecule has 0 aliphatic heterocycles. The molecule has 2 N–H and O–H groups in total. The van der Waals surface area contributed by atoms with Crippen LogP contribution in [0.25, 0.3) is 0 Å². The number of fused-ring (bicyclic) bond motifs is 1. The van der Waals surface area contributed by atoms with E-state index in [1.807, 2.05) is 0 Å². The highest BCUT2D eigenvalue weighted by molar-refractivity contribution is 5.98. The van der Waals surface area contributed by atoms with Crippen LogP contribution in [0.3, 0.4) is 0 Å². The number of carbonyl (C=O) groups excluding carboxylic acids is 1. The Morgan fingerprint density at radius 1 is 1.31 bits per heavy atom. The molecule has 0 unspecified atom stereocenters. The SMILES string of the molecule is Nc1ccc2c(c1F)CCCC2=O. The van der Waals surface area contributed by atoms with Gasteiger partial charge in [0.15, 0.2) is 5.78 Å². The van der Waals surface area contributed by atoms with Crippen LogP contribution in [0.4, 0.5) is 10.1 Å². The Kier molecular flexibility index (Phi) is 1.79. The number of hydrogen-bond acceptors (Lipinski definition) is 2. The van der Waals surface area contributed by atoms with E-state index in [2.05, 4.69) is 0 Å². The third-order valence-corrected chi connectivity index (χ3v) is 2.40. The van der Waals surface area contributed by atoms with Crippen LogP contribution in [0.5, 0.6) is 0 Å². The standard InChI is InChI=1S/C10H10FNO/c11-10-7-2-1-3-9(13)6(7)4-5-8(10)12/h4-5H,1-3,12H2. The Balaban J connectivity index is 2.63. The molecular weight excluding hydrogens is 169 g/mol. The molecule has 0 atom stereocenters. The fourth-order valence-electron chi connectivity index (χ4n) is 1.71. The van der Waals surface area contributed by atoms with Crippen LogP contribution in [0.1, 0.15) is 28.8 Å². The predicted molar refractivity (Wildman–Crippen MR) is 48.1 cm³/mol. The van der Waals surface area contributed by atoms with Crippen molar-refractivity contribution >= 4 is 11.5 Å². The van der Waals surface area contributed by atoms with Gasteiger partial charge in [0, 0.05) is 17.5 Å². The van der Waals surface area contributed by atoms with Crippen LogP contribution in [-0.4, -0.2) is 5.78 Å². The Labute approximate surface area is 75.6 Å². The molecule has 0 fully saturated rings. The number of anilines is 1. The quantitative estimate of drug-likeness (QED) is 0.618. The molecule has 0 saturated carbocycles. The van der Waals surface area contributed by atoms with Crippen molar-refractivity contribution in [3.63, 3.8) is 0 Å². The lowest BCUT2D eigenvalue weighted by molar-refractivity contribution is 0.0971. The lowest BCUT2D eigenvalue weighted by Gasteiger charge is -2.15. The third kappa shape index (κ3) is 1.20. The maximum atomic E-state index is 13.4. The number of hydrogen-bond donors (Lipinski definition) is 1. The van der Waals surface area contributed by atoms with E-state index in [9.17, 15) is 9.18 Å². The Hall–Kier alpha value is -1.38. The molecule has 0 amide bonds. The van der Waals surface area contributed by atoms with Crippen LogP contribution in [-0.2, 0) is 6.42 Å². The van der Waals surface area contributed by atoms with Crippen LogP contribution in [0, 0.1) is 5.82 Å². The molecule has 2 rings (SSSR count). The highest BCUT2D eigenvalue weighted by atomic mass is 19.1. The van der Waals surface area contributed by atoms with Gasteiger partial charge in [-0.1, -0.05) is 0 Å². The van der Waals surface area contributed by atoms with Gasteiger partial charge in [-0.05, 0) is 25.0 Å². The highest BCUT2D eigenvalue weighted by Gasteiger charge is 2.20. The molecule has 0 bridgehead atoms. The Bertz CT molecular complexity index is 373. The minimum absolute atomic E-state index is 0.0279. The monoisotopic (exact) mass is 179 g/mol. The molecular formula is C10H10FNO. The smallest absolute Gasteiger partial charge is 0.163 e. The van der Waals surface area contributed by atoms with Crippen molar-refractivity contribution in [3.8, 4) is 0 Å². The van der Waals surface area contributed by atoms with Crippen LogP contribution < -0.4 is 5.73 Å². The number of halogens is 1. The molecule has 0 radical (unpaired) electrons. The number of nitrogens with two attached hydrogens (primary N) is 1. The fourth-order valence-corrected chi connectivity index (χ4v) is 1.71. The van der Waals surface area contributed by atoms with Gasteiger partial charge in [0.1, 0.15) is 5.82 Å². The Morgan fingerprint density at radius 3 is 2.85 bits per heavy atom. The minimum atomic E-state index is -0.412. The second kappa shape index (κ2) is 2.83. The first kappa shape index (κ1) is 8.23. The molecule has 1 aliphatic rings. The van der Waals surface area contributed by atoms with Gasteiger partial charge < -0.3 is 5.73 Å². The van der Waals surface area contributed by atoms with E-state index in [0.717, 1.165) is 6.42 Å². The first-order valence-electron chi connectivity index (χ1n) is 4.30. The maximum absolute atomic E-state index is 13.4. The Morgan fingerprint density at radius 2 is 2.08 bits per heavy atom. The number of rotatable bonds is 0. The number of ketones is 1. The molecule has 1 aromatic rings. The van der Waals surface area contributed by atoms with E-state index in [-0.39, 0.29) is 11.5 Å². The van der Waals surface area contributed by atoms with Gasteiger partial charge in [-0.25, -0.2) is 4.39 Å². The molecule has 1 aliphatic carbocycles. The zero-order valence-electron chi connectivity index (χ0n) is 7.14. The molecule has 13 heavy (non-hydrogen) atoms.